The Morgan fingerprint density at radius 1 is 1.12 bits per heavy atom. The van der Waals surface area contributed by atoms with Crippen LogP contribution in [0.4, 0.5) is 8.78 Å². The van der Waals surface area contributed by atoms with Crippen molar-refractivity contribution < 1.29 is 18.3 Å². The Balaban J connectivity index is 1.59. The molecule has 0 aliphatic carbocycles. The molecular weight excluding hydrogens is 428 g/mol. The Labute approximate surface area is 190 Å². The summed E-state index contributed by atoms with van der Waals surface area (Å²) in [6.45, 7) is 5.66. The number of aryl methyl sites for hydroxylation is 1. The highest BCUT2D eigenvalue weighted by molar-refractivity contribution is 5.61. The molecule has 0 N–H and O–H groups in total. The smallest absolute Gasteiger partial charge is 0.262 e. The monoisotopic (exact) mass is 455 g/mol. The van der Waals surface area contributed by atoms with Crippen molar-refractivity contribution in [2.45, 2.75) is 51.6 Å². The van der Waals surface area contributed by atoms with Crippen LogP contribution in [0.5, 0.6) is 0 Å². The first-order valence-electron chi connectivity index (χ1n) is 11.5. The van der Waals surface area contributed by atoms with Gasteiger partial charge in [0, 0.05) is 54.8 Å². The van der Waals surface area contributed by atoms with Crippen LogP contribution >= 0.6 is 0 Å². The van der Waals surface area contributed by atoms with Gasteiger partial charge >= 0.3 is 0 Å². The molecular formula is C25H27F2N3O3. The maximum Gasteiger partial charge on any atom is 0.262 e. The Hall–Kier alpha value is -2.71. The van der Waals surface area contributed by atoms with Gasteiger partial charge in [0.15, 0.2) is 5.82 Å². The second-order valence-corrected chi connectivity index (χ2v) is 9.13. The van der Waals surface area contributed by atoms with Gasteiger partial charge in [-0.2, -0.15) is 0 Å². The first-order chi connectivity index (χ1) is 15.9. The summed E-state index contributed by atoms with van der Waals surface area (Å²) in [5.74, 6) is -0.702. The van der Waals surface area contributed by atoms with Gasteiger partial charge in [0.05, 0.1) is 11.7 Å². The Morgan fingerprint density at radius 2 is 1.97 bits per heavy atom. The Morgan fingerprint density at radius 3 is 2.73 bits per heavy atom. The van der Waals surface area contributed by atoms with E-state index >= 15 is 0 Å². The van der Waals surface area contributed by atoms with Crippen LogP contribution < -0.4 is 5.56 Å². The second kappa shape index (κ2) is 8.91. The summed E-state index contributed by atoms with van der Waals surface area (Å²) >= 11 is 0. The number of aromatic nitrogens is 3. The van der Waals surface area contributed by atoms with Gasteiger partial charge in [0.25, 0.3) is 5.56 Å². The van der Waals surface area contributed by atoms with Crippen LogP contribution in [-0.2, 0) is 9.47 Å². The first kappa shape index (κ1) is 22.1. The molecule has 1 aromatic carbocycles. The molecule has 174 valence electrons. The summed E-state index contributed by atoms with van der Waals surface area (Å²) in [6, 6.07) is 5.13. The third kappa shape index (κ3) is 4.29. The molecule has 0 bridgehead atoms. The van der Waals surface area contributed by atoms with Crippen molar-refractivity contribution >= 4 is 5.65 Å². The van der Waals surface area contributed by atoms with Gasteiger partial charge in [-0.1, -0.05) is 0 Å². The third-order valence-corrected chi connectivity index (χ3v) is 6.88. The molecule has 8 heteroatoms. The Kier molecular flexibility index (Phi) is 5.97. The zero-order chi connectivity index (χ0) is 23.1. The van der Waals surface area contributed by atoms with Gasteiger partial charge in [-0.3, -0.25) is 4.79 Å². The minimum absolute atomic E-state index is 0.0714. The zero-order valence-electron chi connectivity index (χ0n) is 18.8. The summed E-state index contributed by atoms with van der Waals surface area (Å²) in [7, 11) is 0. The van der Waals surface area contributed by atoms with E-state index in [1.165, 1.54) is 16.5 Å². The van der Waals surface area contributed by atoms with Gasteiger partial charge < -0.3 is 9.47 Å². The highest BCUT2D eigenvalue weighted by atomic mass is 19.1. The van der Waals surface area contributed by atoms with E-state index in [1.54, 1.807) is 13.8 Å². The summed E-state index contributed by atoms with van der Waals surface area (Å²) in [4.78, 5) is 22.5. The molecule has 5 rings (SSSR count). The normalized spacial score (nSPS) is 23.3. The fraction of sp³-hybridized carbons (Fsp3) is 0.480. The van der Waals surface area contributed by atoms with Crippen molar-refractivity contribution in [1.29, 1.82) is 0 Å². The standard InChI is InChI=1S/C25H27F2N3O3/c1-14-15(2)28-23-12-22(17-6-8-33-19(10-17)9-16-5-7-32-13-16)29-24(30(23)25(14)31)20-4-3-18(26)11-21(20)27/h3-4,11-12,16-17,19H,5-10,13H2,1-2H3. The number of hydrogen-bond acceptors (Lipinski definition) is 5. The van der Waals surface area contributed by atoms with E-state index in [1.807, 2.05) is 6.07 Å². The van der Waals surface area contributed by atoms with Crippen LogP contribution in [0.3, 0.4) is 0 Å². The van der Waals surface area contributed by atoms with E-state index < -0.39 is 11.6 Å². The lowest BCUT2D eigenvalue weighted by atomic mass is 9.88. The second-order valence-electron chi connectivity index (χ2n) is 9.13. The molecule has 0 radical (unpaired) electrons. The average Bonchev–Trinajstić information content (AvgIpc) is 3.30. The first-order valence-corrected chi connectivity index (χ1v) is 11.5. The topological polar surface area (TPSA) is 65.7 Å². The summed E-state index contributed by atoms with van der Waals surface area (Å²) in [6.07, 6.45) is 3.67. The van der Waals surface area contributed by atoms with Gasteiger partial charge in [-0.15, -0.1) is 0 Å². The van der Waals surface area contributed by atoms with Crippen LogP contribution in [-0.4, -0.2) is 40.3 Å². The molecule has 3 atom stereocenters. The molecule has 0 amide bonds. The lowest BCUT2D eigenvalue weighted by Gasteiger charge is -2.31. The van der Waals surface area contributed by atoms with Crippen LogP contribution in [0.1, 0.15) is 48.6 Å². The van der Waals surface area contributed by atoms with E-state index in [4.69, 9.17) is 14.5 Å². The van der Waals surface area contributed by atoms with E-state index in [2.05, 4.69) is 4.98 Å². The summed E-state index contributed by atoms with van der Waals surface area (Å²) < 4.78 is 41.2. The fourth-order valence-electron chi connectivity index (χ4n) is 4.89. The van der Waals surface area contributed by atoms with Crippen molar-refractivity contribution in [3.05, 3.63) is 63.2 Å². The fourth-order valence-corrected chi connectivity index (χ4v) is 4.89. The highest BCUT2D eigenvalue weighted by Gasteiger charge is 2.30. The van der Waals surface area contributed by atoms with Gasteiger partial charge in [0.2, 0.25) is 0 Å². The lowest BCUT2D eigenvalue weighted by Crippen LogP contribution is -2.28. The Bertz CT molecular complexity index is 1250. The predicted octanol–water partition coefficient (Wildman–Crippen LogP) is 4.34. The third-order valence-electron chi connectivity index (χ3n) is 6.88. The van der Waals surface area contributed by atoms with Gasteiger partial charge in [0.1, 0.15) is 17.3 Å². The largest absolute Gasteiger partial charge is 0.381 e. The zero-order valence-corrected chi connectivity index (χ0v) is 18.8. The number of fused-ring (bicyclic) bond motifs is 1. The van der Waals surface area contributed by atoms with Crippen LogP contribution in [0, 0.1) is 31.4 Å². The van der Waals surface area contributed by atoms with Crippen molar-refractivity contribution in [3.63, 3.8) is 0 Å². The van der Waals surface area contributed by atoms with Crippen molar-refractivity contribution in [1.82, 2.24) is 14.4 Å². The van der Waals surface area contributed by atoms with Crippen molar-refractivity contribution in [2.24, 2.45) is 5.92 Å². The lowest BCUT2D eigenvalue weighted by molar-refractivity contribution is -0.00859. The summed E-state index contributed by atoms with van der Waals surface area (Å²) in [5.41, 5.74) is 2.02. The van der Waals surface area contributed by atoms with E-state index in [0.29, 0.717) is 29.4 Å². The van der Waals surface area contributed by atoms with Crippen LogP contribution in [0.2, 0.25) is 0 Å². The molecule has 3 unspecified atom stereocenters. The molecule has 2 aromatic heterocycles. The summed E-state index contributed by atoms with van der Waals surface area (Å²) in [5, 5.41) is 0. The molecule has 2 aliphatic heterocycles. The SMILES string of the molecule is Cc1nc2cc(C3CCOC(CC4CCOC4)C3)nc(-c3ccc(F)cc3F)n2c(=O)c1C. The minimum atomic E-state index is -0.767. The maximum absolute atomic E-state index is 14.8. The van der Waals surface area contributed by atoms with Crippen molar-refractivity contribution in [2.75, 3.05) is 19.8 Å². The van der Waals surface area contributed by atoms with Gasteiger partial charge in [-0.05, 0) is 57.6 Å². The van der Waals surface area contributed by atoms with E-state index in [-0.39, 0.29) is 29.0 Å². The molecule has 6 nitrogen and oxygen atoms in total. The molecule has 3 aromatic rings. The minimum Gasteiger partial charge on any atom is -0.381 e. The van der Waals surface area contributed by atoms with Crippen molar-refractivity contribution in [3.8, 4) is 11.4 Å². The molecule has 0 saturated carbocycles. The van der Waals surface area contributed by atoms with Gasteiger partial charge in [-0.25, -0.2) is 23.1 Å². The van der Waals surface area contributed by atoms with E-state index in [9.17, 15) is 13.6 Å². The predicted molar refractivity (Wildman–Crippen MR) is 119 cm³/mol. The molecule has 33 heavy (non-hydrogen) atoms. The number of benzene rings is 1. The molecule has 2 aliphatic rings. The van der Waals surface area contributed by atoms with Crippen LogP contribution in [0.25, 0.3) is 17.0 Å². The van der Waals surface area contributed by atoms with Crippen LogP contribution in [0.15, 0.2) is 29.1 Å². The molecule has 4 heterocycles. The number of hydrogen-bond donors (Lipinski definition) is 0. The number of nitrogens with zero attached hydrogens (tertiary/aromatic N) is 3. The number of ether oxygens (including phenoxy) is 2. The number of rotatable bonds is 4. The highest BCUT2D eigenvalue weighted by Crippen LogP contribution is 2.34. The molecule has 2 fully saturated rings. The number of halogens is 2. The molecule has 0 spiro atoms. The molecule has 2 saturated heterocycles. The maximum atomic E-state index is 14.8. The quantitative estimate of drug-likeness (QED) is 0.586. The van der Waals surface area contributed by atoms with E-state index in [0.717, 1.165) is 50.7 Å². The average molecular weight is 456 g/mol.